The fraction of sp³-hybridized carbons (Fsp3) is 0.412. The monoisotopic (exact) mass is 316 g/mol. The Morgan fingerprint density at radius 1 is 1.50 bits per heavy atom. The third kappa shape index (κ3) is 3.14. The van der Waals surface area contributed by atoms with Crippen molar-refractivity contribution in [3.8, 4) is 5.88 Å². The van der Waals surface area contributed by atoms with Gasteiger partial charge in [-0.1, -0.05) is 13.0 Å². The number of aromatic nitrogens is 1. The van der Waals surface area contributed by atoms with Crippen molar-refractivity contribution < 1.29 is 9.53 Å². The lowest BCUT2D eigenvalue weighted by atomic mass is 9.88. The van der Waals surface area contributed by atoms with Gasteiger partial charge in [0.25, 0.3) is 5.91 Å². The maximum atomic E-state index is 12.4. The Balaban J connectivity index is 1.65. The molecular formula is C17H20N2O2S. The van der Waals surface area contributed by atoms with Crippen LogP contribution in [0.4, 0.5) is 0 Å². The number of ether oxygens (including phenoxy) is 1. The number of carbonyl (C=O) groups excluding carboxylic acids is 1. The van der Waals surface area contributed by atoms with E-state index in [1.54, 1.807) is 30.7 Å². The molecule has 5 heteroatoms. The summed E-state index contributed by atoms with van der Waals surface area (Å²) < 4.78 is 5.03. The van der Waals surface area contributed by atoms with Crippen LogP contribution in [0.2, 0.25) is 0 Å². The second-order valence-electron chi connectivity index (χ2n) is 5.79. The van der Waals surface area contributed by atoms with Gasteiger partial charge in [0.05, 0.1) is 12.7 Å². The number of hydrogen-bond acceptors (Lipinski definition) is 4. The summed E-state index contributed by atoms with van der Waals surface area (Å²) in [6.07, 6.45) is 5.03. The lowest BCUT2D eigenvalue weighted by Gasteiger charge is -2.18. The Kier molecular flexibility index (Phi) is 4.43. The number of rotatable bonds is 4. The maximum absolute atomic E-state index is 12.4. The topological polar surface area (TPSA) is 51.2 Å². The lowest BCUT2D eigenvalue weighted by Crippen LogP contribution is -2.24. The molecule has 2 aromatic heterocycles. The molecular weight excluding hydrogens is 296 g/mol. The molecule has 0 aromatic carbocycles. The van der Waals surface area contributed by atoms with Crippen molar-refractivity contribution in [2.24, 2.45) is 5.92 Å². The highest BCUT2D eigenvalue weighted by atomic mass is 32.1. The first-order chi connectivity index (χ1) is 10.7. The molecule has 1 aliphatic carbocycles. The van der Waals surface area contributed by atoms with Crippen LogP contribution in [0, 0.1) is 5.92 Å². The number of amides is 1. The van der Waals surface area contributed by atoms with E-state index in [4.69, 9.17) is 4.74 Å². The van der Waals surface area contributed by atoms with Gasteiger partial charge in [-0.05, 0) is 36.3 Å². The van der Waals surface area contributed by atoms with E-state index in [9.17, 15) is 4.79 Å². The van der Waals surface area contributed by atoms with Crippen LogP contribution in [0.25, 0.3) is 0 Å². The van der Waals surface area contributed by atoms with Crippen molar-refractivity contribution in [2.45, 2.75) is 32.7 Å². The molecule has 1 amide bonds. The molecule has 116 valence electrons. The van der Waals surface area contributed by atoms with Crippen LogP contribution in [-0.4, -0.2) is 18.0 Å². The second kappa shape index (κ2) is 6.48. The van der Waals surface area contributed by atoms with Crippen LogP contribution in [0.3, 0.4) is 0 Å². The zero-order chi connectivity index (χ0) is 15.5. The molecule has 0 bridgehead atoms. The number of thiophene rings is 1. The van der Waals surface area contributed by atoms with Crippen LogP contribution in [0.5, 0.6) is 5.88 Å². The normalized spacial score (nSPS) is 16.9. The summed E-state index contributed by atoms with van der Waals surface area (Å²) >= 11 is 1.72. The number of nitrogens with one attached hydrogen (secondary N) is 1. The van der Waals surface area contributed by atoms with E-state index in [2.05, 4.69) is 17.2 Å². The minimum atomic E-state index is 0.0165. The molecule has 0 fully saturated rings. The van der Waals surface area contributed by atoms with Crippen LogP contribution in [0.1, 0.15) is 39.7 Å². The van der Waals surface area contributed by atoms with Crippen molar-refractivity contribution in [2.75, 3.05) is 7.11 Å². The molecule has 3 rings (SSSR count). The van der Waals surface area contributed by atoms with Crippen molar-refractivity contribution in [1.82, 2.24) is 10.3 Å². The van der Waals surface area contributed by atoms with Crippen LogP contribution in [0.15, 0.2) is 23.7 Å². The average Bonchev–Trinajstić information content (AvgIpc) is 2.96. The SMILES string of the molecule is COc1ccc(CNC(=O)c2csc3c2CC[C@@H](C)C3)cn1. The summed E-state index contributed by atoms with van der Waals surface area (Å²) in [5.74, 6) is 1.33. The van der Waals surface area contributed by atoms with Gasteiger partial charge in [-0.15, -0.1) is 11.3 Å². The van der Waals surface area contributed by atoms with E-state index in [0.717, 1.165) is 29.9 Å². The van der Waals surface area contributed by atoms with Gasteiger partial charge < -0.3 is 10.1 Å². The summed E-state index contributed by atoms with van der Waals surface area (Å²) in [5.41, 5.74) is 3.08. The highest BCUT2D eigenvalue weighted by Crippen LogP contribution is 2.32. The molecule has 0 aliphatic heterocycles. The minimum absolute atomic E-state index is 0.0165. The van der Waals surface area contributed by atoms with Gasteiger partial charge in [0.1, 0.15) is 0 Å². The molecule has 0 unspecified atom stereocenters. The molecule has 0 spiro atoms. The second-order valence-corrected chi connectivity index (χ2v) is 6.75. The fourth-order valence-electron chi connectivity index (χ4n) is 2.78. The van der Waals surface area contributed by atoms with E-state index in [1.165, 1.54) is 16.9 Å². The smallest absolute Gasteiger partial charge is 0.252 e. The van der Waals surface area contributed by atoms with Crippen LogP contribution < -0.4 is 10.1 Å². The number of pyridine rings is 1. The first-order valence-electron chi connectivity index (χ1n) is 7.53. The maximum Gasteiger partial charge on any atom is 0.252 e. The summed E-state index contributed by atoms with van der Waals surface area (Å²) in [5, 5.41) is 4.99. The standard InChI is InChI=1S/C17H20N2O2S/c1-11-3-5-13-14(10-22-15(13)7-11)17(20)19-9-12-4-6-16(21-2)18-8-12/h4,6,8,10-11H,3,5,7,9H2,1-2H3,(H,19,20)/t11-/m1/s1. The zero-order valence-corrected chi connectivity index (χ0v) is 13.7. The first kappa shape index (κ1) is 15.0. The molecule has 0 saturated heterocycles. The van der Waals surface area contributed by atoms with Gasteiger partial charge in [0, 0.05) is 29.1 Å². The van der Waals surface area contributed by atoms with Gasteiger partial charge >= 0.3 is 0 Å². The predicted octanol–water partition coefficient (Wildman–Crippen LogP) is 3.21. The van der Waals surface area contributed by atoms with Crippen LogP contribution in [-0.2, 0) is 19.4 Å². The van der Waals surface area contributed by atoms with Crippen molar-refractivity contribution in [1.29, 1.82) is 0 Å². The fourth-order valence-corrected chi connectivity index (χ4v) is 4.03. The highest BCUT2D eigenvalue weighted by Gasteiger charge is 2.22. The molecule has 2 aromatic rings. The third-order valence-corrected chi connectivity index (χ3v) is 5.16. The summed E-state index contributed by atoms with van der Waals surface area (Å²) in [7, 11) is 1.59. The quantitative estimate of drug-likeness (QED) is 0.942. The largest absolute Gasteiger partial charge is 0.481 e. The summed E-state index contributed by atoms with van der Waals surface area (Å²) in [6, 6.07) is 3.71. The number of fused-ring (bicyclic) bond motifs is 1. The molecule has 4 nitrogen and oxygen atoms in total. The number of nitrogens with zero attached hydrogens (tertiary/aromatic N) is 1. The highest BCUT2D eigenvalue weighted by molar-refractivity contribution is 7.10. The molecule has 22 heavy (non-hydrogen) atoms. The van der Waals surface area contributed by atoms with Gasteiger partial charge in [0.2, 0.25) is 5.88 Å². The van der Waals surface area contributed by atoms with Gasteiger partial charge in [0.15, 0.2) is 0 Å². The average molecular weight is 316 g/mol. The zero-order valence-electron chi connectivity index (χ0n) is 12.9. The van der Waals surface area contributed by atoms with E-state index in [0.29, 0.717) is 12.4 Å². The van der Waals surface area contributed by atoms with Crippen molar-refractivity contribution in [3.63, 3.8) is 0 Å². The third-order valence-electron chi connectivity index (χ3n) is 4.11. The Hall–Kier alpha value is -1.88. The summed E-state index contributed by atoms with van der Waals surface area (Å²) in [6.45, 7) is 2.76. The van der Waals surface area contributed by atoms with Gasteiger partial charge in [-0.3, -0.25) is 4.79 Å². The number of hydrogen-bond donors (Lipinski definition) is 1. The Morgan fingerprint density at radius 3 is 3.09 bits per heavy atom. The summed E-state index contributed by atoms with van der Waals surface area (Å²) in [4.78, 5) is 17.9. The van der Waals surface area contributed by atoms with Crippen LogP contribution >= 0.6 is 11.3 Å². The van der Waals surface area contributed by atoms with Crippen molar-refractivity contribution in [3.05, 3.63) is 45.3 Å². The molecule has 2 heterocycles. The molecule has 0 saturated carbocycles. The Labute approximate surface area is 134 Å². The first-order valence-corrected chi connectivity index (χ1v) is 8.41. The van der Waals surface area contributed by atoms with E-state index < -0.39 is 0 Å². The minimum Gasteiger partial charge on any atom is -0.481 e. The molecule has 0 radical (unpaired) electrons. The molecule has 1 aliphatic rings. The number of methoxy groups -OCH3 is 1. The lowest BCUT2D eigenvalue weighted by molar-refractivity contribution is 0.0950. The van der Waals surface area contributed by atoms with Gasteiger partial charge in [-0.25, -0.2) is 4.98 Å². The molecule has 1 N–H and O–H groups in total. The van der Waals surface area contributed by atoms with Crippen molar-refractivity contribution >= 4 is 17.2 Å². The Bertz CT molecular complexity index is 664. The van der Waals surface area contributed by atoms with Gasteiger partial charge in [-0.2, -0.15) is 0 Å². The van der Waals surface area contributed by atoms with E-state index in [1.807, 2.05) is 11.4 Å². The predicted molar refractivity (Wildman–Crippen MR) is 87.5 cm³/mol. The van der Waals surface area contributed by atoms with E-state index in [-0.39, 0.29) is 5.91 Å². The number of carbonyl (C=O) groups is 1. The van der Waals surface area contributed by atoms with E-state index >= 15 is 0 Å². The molecule has 1 atom stereocenters. The Morgan fingerprint density at radius 2 is 2.36 bits per heavy atom.